The number of likely N-dealkylation sites (tertiary alicyclic amines) is 1. The summed E-state index contributed by atoms with van der Waals surface area (Å²) in [7, 11) is 0. The minimum Gasteiger partial charge on any atom is -0.342 e. The van der Waals surface area contributed by atoms with Crippen molar-refractivity contribution in [3.05, 3.63) is 57.3 Å². The number of aromatic nitrogens is 2. The molecule has 1 amide bonds. The van der Waals surface area contributed by atoms with E-state index in [2.05, 4.69) is 41.2 Å². The van der Waals surface area contributed by atoms with Crippen LogP contribution in [0.15, 0.2) is 30.3 Å². The lowest BCUT2D eigenvalue weighted by Crippen LogP contribution is -2.38. The van der Waals surface area contributed by atoms with Crippen LogP contribution in [-0.4, -0.2) is 40.4 Å². The van der Waals surface area contributed by atoms with Crippen molar-refractivity contribution in [3.8, 4) is 0 Å². The molecule has 4 rings (SSSR count). The van der Waals surface area contributed by atoms with Crippen molar-refractivity contribution in [3.63, 3.8) is 0 Å². The van der Waals surface area contributed by atoms with E-state index in [0.717, 1.165) is 42.8 Å². The SMILES string of the molecule is Cc1cc2nc(C3CCN(CC(=O)Nc4cccc(Cl)c4Cl)CC3)[nH]c2cc1C. The van der Waals surface area contributed by atoms with Crippen LogP contribution >= 0.6 is 23.2 Å². The molecule has 29 heavy (non-hydrogen) atoms. The third-order valence-electron chi connectivity index (χ3n) is 5.68. The van der Waals surface area contributed by atoms with E-state index >= 15 is 0 Å². The molecule has 1 fully saturated rings. The van der Waals surface area contributed by atoms with Gasteiger partial charge in [-0.3, -0.25) is 9.69 Å². The van der Waals surface area contributed by atoms with Gasteiger partial charge in [0.25, 0.3) is 0 Å². The Morgan fingerprint density at radius 3 is 2.69 bits per heavy atom. The van der Waals surface area contributed by atoms with Crippen molar-refractivity contribution in [1.82, 2.24) is 14.9 Å². The van der Waals surface area contributed by atoms with E-state index in [9.17, 15) is 4.79 Å². The van der Waals surface area contributed by atoms with Gasteiger partial charge in [0.2, 0.25) is 5.91 Å². The molecule has 2 N–H and O–H groups in total. The summed E-state index contributed by atoms with van der Waals surface area (Å²) in [5.74, 6) is 1.37. The number of piperidine rings is 1. The monoisotopic (exact) mass is 430 g/mol. The Kier molecular flexibility index (Phi) is 5.81. The number of imidazole rings is 1. The molecule has 1 saturated heterocycles. The fourth-order valence-corrected chi connectivity index (χ4v) is 4.19. The molecule has 5 nitrogen and oxygen atoms in total. The zero-order chi connectivity index (χ0) is 20.5. The molecule has 7 heteroatoms. The maximum atomic E-state index is 12.4. The van der Waals surface area contributed by atoms with Crippen molar-refractivity contribution < 1.29 is 4.79 Å². The largest absolute Gasteiger partial charge is 0.342 e. The minimum absolute atomic E-state index is 0.0812. The van der Waals surface area contributed by atoms with E-state index < -0.39 is 0 Å². The minimum atomic E-state index is -0.0812. The van der Waals surface area contributed by atoms with E-state index in [1.807, 2.05) is 0 Å². The number of amides is 1. The molecule has 0 aliphatic carbocycles. The topological polar surface area (TPSA) is 61.0 Å². The summed E-state index contributed by atoms with van der Waals surface area (Å²) in [4.78, 5) is 22.9. The first-order chi connectivity index (χ1) is 13.9. The van der Waals surface area contributed by atoms with Gasteiger partial charge in [-0.1, -0.05) is 29.3 Å². The maximum Gasteiger partial charge on any atom is 0.238 e. The fraction of sp³-hybridized carbons (Fsp3) is 0.364. The molecule has 0 saturated carbocycles. The van der Waals surface area contributed by atoms with E-state index in [1.165, 1.54) is 11.1 Å². The Bertz CT molecular complexity index is 1020. The number of benzene rings is 2. The molecule has 1 aliphatic heterocycles. The van der Waals surface area contributed by atoms with Gasteiger partial charge in [-0.15, -0.1) is 0 Å². The van der Waals surface area contributed by atoms with Gasteiger partial charge in [0.15, 0.2) is 0 Å². The number of nitrogens with one attached hydrogen (secondary N) is 2. The summed E-state index contributed by atoms with van der Waals surface area (Å²) in [5, 5.41) is 3.66. The number of aromatic amines is 1. The highest BCUT2D eigenvalue weighted by molar-refractivity contribution is 6.44. The quantitative estimate of drug-likeness (QED) is 0.589. The number of hydrogen-bond acceptors (Lipinski definition) is 3. The number of carbonyl (C=O) groups is 1. The number of aryl methyl sites for hydroxylation is 2. The molecule has 0 radical (unpaired) electrons. The van der Waals surface area contributed by atoms with Crippen LogP contribution in [0.2, 0.25) is 10.0 Å². The average molecular weight is 431 g/mol. The summed E-state index contributed by atoms with van der Waals surface area (Å²) in [6.45, 7) is 6.29. The Morgan fingerprint density at radius 1 is 1.21 bits per heavy atom. The summed E-state index contributed by atoms with van der Waals surface area (Å²) in [5.41, 5.74) is 5.21. The van der Waals surface area contributed by atoms with E-state index in [-0.39, 0.29) is 5.91 Å². The van der Waals surface area contributed by atoms with Crippen LogP contribution in [-0.2, 0) is 4.79 Å². The first-order valence-electron chi connectivity index (χ1n) is 9.84. The Morgan fingerprint density at radius 2 is 1.93 bits per heavy atom. The standard InChI is InChI=1S/C22H24Cl2N4O/c1-13-10-18-19(11-14(13)2)27-22(26-18)15-6-8-28(9-7-15)12-20(29)25-17-5-3-4-16(23)21(17)24/h3-5,10-11,15H,6-9,12H2,1-2H3,(H,25,29)(H,26,27). The lowest BCUT2D eigenvalue weighted by atomic mass is 9.96. The lowest BCUT2D eigenvalue weighted by molar-refractivity contribution is -0.117. The Hall–Kier alpha value is -2.08. The summed E-state index contributed by atoms with van der Waals surface area (Å²) < 4.78 is 0. The lowest BCUT2D eigenvalue weighted by Gasteiger charge is -2.30. The third-order valence-corrected chi connectivity index (χ3v) is 6.50. The van der Waals surface area contributed by atoms with Crippen molar-refractivity contribution in [2.24, 2.45) is 0 Å². The predicted octanol–water partition coefficient (Wildman–Crippen LogP) is 5.30. The number of H-pyrrole nitrogens is 1. The van der Waals surface area contributed by atoms with Crippen LogP contribution < -0.4 is 5.32 Å². The normalized spacial score (nSPS) is 15.7. The molecule has 0 bridgehead atoms. The van der Waals surface area contributed by atoms with Crippen LogP contribution in [0.3, 0.4) is 0 Å². The second kappa shape index (κ2) is 8.34. The zero-order valence-corrected chi connectivity index (χ0v) is 18.1. The molecule has 0 unspecified atom stereocenters. The highest BCUT2D eigenvalue weighted by atomic mass is 35.5. The van der Waals surface area contributed by atoms with E-state index in [0.29, 0.717) is 28.2 Å². The van der Waals surface area contributed by atoms with Crippen molar-refractivity contribution >= 4 is 45.8 Å². The van der Waals surface area contributed by atoms with Crippen molar-refractivity contribution in [1.29, 1.82) is 0 Å². The molecular formula is C22H24Cl2N4O. The highest BCUT2D eigenvalue weighted by Crippen LogP contribution is 2.30. The number of fused-ring (bicyclic) bond motifs is 1. The predicted molar refractivity (Wildman–Crippen MR) is 119 cm³/mol. The van der Waals surface area contributed by atoms with Gasteiger partial charge in [-0.05, 0) is 75.2 Å². The molecule has 1 aromatic heterocycles. The smallest absolute Gasteiger partial charge is 0.238 e. The zero-order valence-electron chi connectivity index (χ0n) is 16.6. The van der Waals surface area contributed by atoms with Gasteiger partial charge in [-0.2, -0.15) is 0 Å². The molecule has 152 valence electrons. The Balaban J connectivity index is 1.34. The second-order valence-electron chi connectivity index (χ2n) is 7.78. The van der Waals surface area contributed by atoms with Crippen molar-refractivity contribution in [2.45, 2.75) is 32.6 Å². The summed E-state index contributed by atoms with van der Waals surface area (Å²) in [6.07, 6.45) is 1.95. The Labute approximate surface area is 180 Å². The fourth-order valence-electron chi connectivity index (χ4n) is 3.84. The van der Waals surface area contributed by atoms with Gasteiger partial charge in [-0.25, -0.2) is 4.98 Å². The van der Waals surface area contributed by atoms with Gasteiger partial charge in [0.05, 0.1) is 33.3 Å². The number of nitrogens with zero attached hydrogens (tertiary/aromatic N) is 2. The molecule has 2 heterocycles. The molecule has 3 aromatic rings. The molecular weight excluding hydrogens is 407 g/mol. The van der Waals surface area contributed by atoms with Gasteiger partial charge >= 0.3 is 0 Å². The van der Waals surface area contributed by atoms with Crippen LogP contribution in [0.1, 0.15) is 35.7 Å². The molecule has 0 spiro atoms. The summed E-state index contributed by atoms with van der Waals surface area (Å²) >= 11 is 12.2. The second-order valence-corrected chi connectivity index (χ2v) is 8.56. The van der Waals surface area contributed by atoms with E-state index in [1.54, 1.807) is 18.2 Å². The highest BCUT2D eigenvalue weighted by Gasteiger charge is 2.24. The first kappa shape index (κ1) is 20.2. The molecule has 0 atom stereocenters. The van der Waals surface area contributed by atoms with Crippen LogP contribution in [0, 0.1) is 13.8 Å². The summed E-state index contributed by atoms with van der Waals surface area (Å²) in [6, 6.07) is 9.53. The third kappa shape index (κ3) is 4.42. The van der Waals surface area contributed by atoms with Crippen LogP contribution in [0.25, 0.3) is 11.0 Å². The van der Waals surface area contributed by atoms with E-state index in [4.69, 9.17) is 28.2 Å². The van der Waals surface area contributed by atoms with Gasteiger partial charge in [0.1, 0.15) is 5.82 Å². The number of rotatable bonds is 4. The number of carbonyl (C=O) groups excluding carboxylic acids is 1. The van der Waals surface area contributed by atoms with Gasteiger partial charge < -0.3 is 10.3 Å². The van der Waals surface area contributed by atoms with Gasteiger partial charge in [0, 0.05) is 5.92 Å². The maximum absolute atomic E-state index is 12.4. The van der Waals surface area contributed by atoms with Crippen LogP contribution in [0.5, 0.6) is 0 Å². The molecule has 1 aliphatic rings. The number of hydrogen-bond donors (Lipinski definition) is 2. The first-order valence-corrected chi connectivity index (χ1v) is 10.6. The molecule has 2 aromatic carbocycles. The number of halogens is 2. The van der Waals surface area contributed by atoms with Crippen LogP contribution in [0.4, 0.5) is 5.69 Å². The average Bonchev–Trinajstić information content (AvgIpc) is 3.09. The van der Waals surface area contributed by atoms with Crippen molar-refractivity contribution in [2.75, 3.05) is 25.0 Å². The number of anilines is 1.